The second-order valence-electron chi connectivity index (χ2n) is 6.96. The zero-order valence-electron chi connectivity index (χ0n) is 15.2. The third kappa shape index (κ3) is 3.18. The maximum atomic E-state index is 12.9. The molecule has 4 rings (SSSR count). The Bertz CT molecular complexity index is 1140. The second kappa shape index (κ2) is 6.87. The number of hydrogen-bond acceptors (Lipinski definition) is 3. The van der Waals surface area contributed by atoms with Gasteiger partial charge in [0.05, 0.1) is 10.9 Å². The summed E-state index contributed by atoms with van der Waals surface area (Å²) in [6, 6.07) is 13.1. The van der Waals surface area contributed by atoms with E-state index in [1.165, 1.54) is 15.7 Å². The molecular formula is C21H21N3O3. The maximum Gasteiger partial charge on any atom is 0.328 e. The number of anilines is 1. The van der Waals surface area contributed by atoms with Gasteiger partial charge >= 0.3 is 5.69 Å². The van der Waals surface area contributed by atoms with E-state index in [4.69, 9.17) is 0 Å². The summed E-state index contributed by atoms with van der Waals surface area (Å²) in [7, 11) is 0. The van der Waals surface area contributed by atoms with Gasteiger partial charge in [-0.25, -0.2) is 4.79 Å². The van der Waals surface area contributed by atoms with Crippen molar-refractivity contribution in [3.05, 3.63) is 74.4 Å². The lowest BCUT2D eigenvalue weighted by atomic mass is 9.99. The number of aromatic nitrogens is 2. The number of fused-ring (bicyclic) bond motifs is 2. The first-order valence-corrected chi connectivity index (χ1v) is 9.16. The van der Waals surface area contributed by atoms with Gasteiger partial charge in [0, 0.05) is 25.2 Å². The number of carbonyl (C=O) groups is 1. The molecule has 1 aliphatic heterocycles. The van der Waals surface area contributed by atoms with Crippen LogP contribution in [0.25, 0.3) is 10.9 Å². The third-order valence-electron chi connectivity index (χ3n) is 5.11. The minimum absolute atomic E-state index is 0.0121. The zero-order chi connectivity index (χ0) is 19.0. The van der Waals surface area contributed by atoms with Crippen molar-refractivity contribution in [1.82, 2.24) is 9.55 Å². The lowest BCUT2D eigenvalue weighted by Crippen LogP contribution is -2.37. The number of benzene rings is 2. The Morgan fingerprint density at radius 1 is 1.15 bits per heavy atom. The molecule has 0 fully saturated rings. The molecule has 1 aliphatic rings. The van der Waals surface area contributed by atoms with E-state index in [1.807, 2.05) is 17.0 Å². The van der Waals surface area contributed by atoms with Crippen molar-refractivity contribution in [2.75, 3.05) is 11.4 Å². The smallest absolute Gasteiger partial charge is 0.312 e. The van der Waals surface area contributed by atoms with Gasteiger partial charge in [-0.1, -0.05) is 29.8 Å². The number of amides is 1. The predicted octanol–water partition coefficient (Wildman–Crippen LogP) is 2.37. The van der Waals surface area contributed by atoms with Gasteiger partial charge in [-0.15, -0.1) is 0 Å². The van der Waals surface area contributed by atoms with E-state index in [9.17, 15) is 14.4 Å². The number of rotatable bonds is 3. The van der Waals surface area contributed by atoms with Gasteiger partial charge in [-0.2, -0.15) is 0 Å². The number of para-hydroxylation sites is 1. The Kier molecular flexibility index (Phi) is 4.39. The Morgan fingerprint density at radius 2 is 1.96 bits per heavy atom. The molecule has 138 valence electrons. The maximum absolute atomic E-state index is 12.9. The van der Waals surface area contributed by atoms with Crippen LogP contribution in [0.5, 0.6) is 0 Å². The number of aromatic amines is 1. The lowest BCUT2D eigenvalue weighted by Gasteiger charge is -2.30. The Balaban J connectivity index is 1.61. The highest BCUT2D eigenvalue weighted by Gasteiger charge is 2.22. The summed E-state index contributed by atoms with van der Waals surface area (Å²) < 4.78 is 1.47. The monoisotopic (exact) mass is 363 g/mol. The van der Waals surface area contributed by atoms with Crippen molar-refractivity contribution in [3.63, 3.8) is 0 Å². The molecule has 0 atom stereocenters. The van der Waals surface area contributed by atoms with Crippen LogP contribution in [0.15, 0.2) is 52.1 Å². The fourth-order valence-corrected chi connectivity index (χ4v) is 3.79. The molecule has 3 aromatic rings. The summed E-state index contributed by atoms with van der Waals surface area (Å²) in [5, 5.41) is 0.448. The highest BCUT2D eigenvalue weighted by Crippen LogP contribution is 2.28. The molecular weight excluding hydrogens is 342 g/mol. The fraction of sp³-hybridized carbons (Fsp3) is 0.286. The Morgan fingerprint density at radius 3 is 2.81 bits per heavy atom. The standard InChI is InChI=1S/C21H21N3O3/c1-14-8-9-17-15(13-14)5-4-11-23(17)19(25)10-12-24-18-7-3-2-6-16(18)20(26)22-21(24)27/h2-3,6-9,13H,4-5,10-12H2,1H3,(H,22,26,27). The number of nitrogens with zero attached hydrogens (tertiary/aromatic N) is 2. The molecule has 2 heterocycles. The molecule has 0 bridgehead atoms. The van der Waals surface area contributed by atoms with Gasteiger partial charge in [0.2, 0.25) is 5.91 Å². The van der Waals surface area contributed by atoms with Crippen LogP contribution in [0.2, 0.25) is 0 Å². The van der Waals surface area contributed by atoms with E-state index in [1.54, 1.807) is 24.3 Å². The van der Waals surface area contributed by atoms with Crippen LogP contribution in [0.3, 0.4) is 0 Å². The van der Waals surface area contributed by atoms with E-state index >= 15 is 0 Å². The highest BCUT2D eigenvalue weighted by molar-refractivity contribution is 5.94. The number of carbonyl (C=O) groups excluding carboxylic acids is 1. The summed E-state index contributed by atoms with van der Waals surface area (Å²) in [4.78, 5) is 41.2. The van der Waals surface area contributed by atoms with E-state index in [0.717, 1.165) is 18.5 Å². The molecule has 1 aromatic heterocycles. The van der Waals surface area contributed by atoms with Gasteiger partial charge in [-0.05, 0) is 43.5 Å². The molecule has 0 saturated heterocycles. The second-order valence-corrected chi connectivity index (χ2v) is 6.96. The number of aryl methyl sites for hydroxylation is 3. The van der Waals surface area contributed by atoms with Crippen molar-refractivity contribution in [3.8, 4) is 0 Å². The first-order chi connectivity index (χ1) is 13.0. The van der Waals surface area contributed by atoms with Gasteiger partial charge in [0.1, 0.15) is 0 Å². The first-order valence-electron chi connectivity index (χ1n) is 9.16. The van der Waals surface area contributed by atoms with E-state index in [2.05, 4.69) is 18.0 Å². The molecule has 0 radical (unpaired) electrons. The fourth-order valence-electron chi connectivity index (χ4n) is 3.79. The van der Waals surface area contributed by atoms with Crippen molar-refractivity contribution < 1.29 is 4.79 Å². The van der Waals surface area contributed by atoms with Crippen molar-refractivity contribution >= 4 is 22.5 Å². The summed E-state index contributed by atoms with van der Waals surface area (Å²) in [6.07, 6.45) is 2.11. The van der Waals surface area contributed by atoms with Gasteiger partial charge in [0.25, 0.3) is 5.56 Å². The average Bonchev–Trinajstić information content (AvgIpc) is 2.67. The Hall–Kier alpha value is -3.15. The molecule has 0 saturated carbocycles. The normalized spacial score (nSPS) is 13.6. The molecule has 0 unspecified atom stereocenters. The van der Waals surface area contributed by atoms with Crippen LogP contribution in [0.4, 0.5) is 5.69 Å². The molecule has 1 N–H and O–H groups in total. The third-order valence-corrected chi connectivity index (χ3v) is 5.11. The number of H-pyrrole nitrogens is 1. The van der Waals surface area contributed by atoms with Gasteiger partial charge in [-0.3, -0.25) is 19.1 Å². The average molecular weight is 363 g/mol. The van der Waals surface area contributed by atoms with Crippen LogP contribution in [-0.2, 0) is 17.8 Å². The minimum atomic E-state index is -0.485. The minimum Gasteiger partial charge on any atom is -0.312 e. The predicted molar refractivity (Wildman–Crippen MR) is 105 cm³/mol. The van der Waals surface area contributed by atoms with Gasteiger partial charge in [0.15, 0.2) is 0 Å². The van der Waals surface area contributed by atoms with Gasteiger partial charge < -0.3 is 4.90 Å². The lowest BCUT2D eigenvalue weighted by molar-refractivity contribution is -0.118. The van der Waals surface area contributed by atoms with Crippen molar-refractivity contribution in [2.45, 2.75) is 32.7 Å². The number of nitrogens with one attached hydrogen (secondary N) is 1. The summed E-state index contributed by atoms with van der Waals surface area (Å²) >= 11 is 0. The summed E-state index contributed by atoms with van der Waals surface area (Å²) in [5.74, 6) is -0.0121. The van der Waals surface area contributed by atoms with Crippen molar-refractivity contribution in [1.29, 1.82) is 0 Å². The van der Waals surface area contributed by atoms with Crippen LogP contribution in [-0.4, -0.2) is 22.0 Å². The molecule has 6 nitrogen and oxygen atoms in total. The van der Waals surface area contributed by atoms with Crippen molar-refractivity contribution in [2.24, 2.45) is 0 Å². The molecule has 6 heteroatoms. The summed E-state index contributed by atoms with van der Waals surface area (Å²) in [5.41, 5.74) is 3.01. The molecule has 0 aliphatic carbocycles. The van der Waals surface area contributed by atoms with Crippen LogP contribution < -0.4 is 16.1 Å². The van der Waals surface area contributed by atoms with Crippen LogP contribution in [0, 0.1) is 6.92 Å². The summed E-state index contributed by atoms with van der Waals surface area (Å²) in [6.45, 7) is 2.97. The SMILES string of the molecule is Cc1ccc2c(c1)CCCN2C(=O)CCn1c(=O)[nH]c(=O)c2ccccc21. The highest BCUT2D eigenvalue weighted by atomic mass is 16.2. The van der Waals surface area contributed by atoms with E-state index in [0.29, 0.717) is 17.4 Å². The first kappa shape index (κ1) is 17.3. The Labute approximate surface area is 156 Å². The zero-order valence-corrected chi connectivity index (χ0v) is 15.2. The number of hydrogen-bond donors (Lipinski definition) is 1. The molecule has 0 spiro atoms. The van der Waals surface area contributed by atoms with E-state index < -0.39 is 11.2 Å². The molecule has 1 amide bonds. The van der Waals surface area contributed by atoms with Crippen LogP contribution in [0.1, 0.15) is 24.0 Å². The quantitative estimate of drug-likeness (QED) is 0.776. The molecule has 2 aromatic carbocycles. The molecule has 27 heavy (non-hydrogen) atoms. The largest absolute Gasteiger partial charge is 0.328 e. The van der Waals surface area contributed by atoms with E-state index in [-0.39, 0.29) is 18.9 Å². The van der Waals surface area contributed by atoms with Crippen LogP contribution >= 0.6 is 0 Å². The topological polar surface area (TPSA) is 75.2 Å².